The Morgan fingerprint density at radius 2 is 1.74 bits per heavy atom. The van der Waals surface area contributed by atoms with Crippen molar-refractivity contribution in [3.05, 3.63) is 42.6 Å². The molecule has 0 aliphatic carbocycles. The molecular weight excluding hydrogens is 260 g/mol. The molecule has 0 unspecified atom stereocenters. The lowest BCUT2D eigenvalue weighted by Crippen LogP contribution is -2.44. The lowest BCUT2D eigenvalue weighted by atomic mass is 10.1. The van der Waals surface area contributed by atoms with Gasteiger partial charge in [0.25, 0.3) is 0 Å². The number of hydrogen-bond donors (Lipinski definition) is 1. The average Bonchev–Trinajstić information content (AvgIpc) is 2.49. The molecule has 0 spiro atoms. The normalized spacial score (nSPS) is 14.8. The van der Waals surface area contributed by atoms with Crippen molar-refractivity contribution in [2.45, 2.75) is 0 Å². The van der Waals surface area contributed by atoms with E-state index < -0.39 is 0 Å². The third kappa shape index (κ3) is 3.22. The third-order valence-electron chi connectivity index (χ3n) is 3.11. The summed E-state index contributed by atoms with van der Waals surface area (Å²) in [5, 5.41) is 3.33. The molecule has 100 valence electrons. The van der Waals surface area contributed by atoms with Gasteiger partial charge < -0.3 is 10.2 Å². The van der Waals surface area contributed by atoms with Gasteiger partial charge in [-0.3, -0.25) is 0 Å². The molecule has 0 radical (unpaired) electrons. The predicted octanol–water partition coefficient (Wildman–Crippen LogP) is 1.97. The molecule has 0 amide bonds. The van der Waals surface area contributed by atoms with Crippen LogP contribution < -0.4 is 10.2 Å². The maximum Gasteiger partial charge on any atom is 0.225 e. The van der Waals surface area contributed by atoms with E-state index >= 15 is 0 Å². The van der Waals surface area contributed by atoms with Crippen LogP contribution in [0.2, 0.25) is 0 Å². The summed E-state index contributed by atoms with van der Waals surface area (Å²) in [5.74, 6) is 0.831. The summed E-state index contributed by atoms with van der Waals surface area (Å²) in [4.78, 5) is 11.3. The first-order valence-corrected chi connectivity index (χ1v) is 6.27. The van der Waals surface area contributed by atoms with E-state index in [4.69, 9.17) is 0 Å². The van der Waals surface area contributed by atoms with Crippen LogP contribution in [0.15, 0.2) is 42.6 Å². The maximum atomic E-state index is 4.65. The first-order chi connectivity index (χ1) is 8.93. The molecule has 2 aromatic rings. The molecular formula is C14H17ClN4. The van der Waals surface area contributed by atoms with Crippen LogP contribution in [-0.4, -0.2) is 36.1 Å². The summed E-state index contributed by atoms with van der Waals surface area (Å²) in [5.41, 5.74) is 2.12. The highest BCUT2D eigenvalue weighted by molar-refractivity contribution is 5.85. The summed E-state index contributed by atoms with van der Waals surface area (Å²) in [7, 11) is 0. The van der Waals surface area contributed by atoms with Gasteiger partial charge in [-0.15, -0.1) is 12.4 Å². The fraction of sp³-hybridized carbons (Fsp3) is 0.286. The van der Waals surface area contributed by atoms with Crippen molar-refractivity contribution in [2.75, 3.05) is 31.1 Å². The van der Waals surface area contributed by atoms with Crippen LogP contribution in [0.4, 0.5) is 5.95 Å². The van der Waals surface area contributed by atoms with Gasteiger partial charge in [0.05, 0.1) is 5.69 Å². The zero-order chi connectivity index (χ0) is 12.2. The summed E-state index contributed by atoms with van der Waals surface area (Å²) >= 11 is 0. The van der Waals surface area contributed by atoms with E-state index in [1.807, 2.05) is 30.5 Å². The molecule has 1 aromatic carbocycles. The van der Waals surface area contributed by atoms with E-state index in [1.54, 1.807) is 0 Å². The fourth-order valence-electron chi connectivity index (χ4n) is 2.14. The SMILES string of the molecule is Cl.c1ccc(-c2ccnc(N3CCNCC3)n2)cc1. The quantitative estimate of drug-likeness (QED) is 0.911. The molecule has 0 atom stereocenters. The summed E-state index contributed by atoms with van der Waals surface area (Å²) in [6.45, 7) is 3.94. The van der Waals surface area contributed by atoms with E-state index in [0.29, 0.717) is 0 Å². The van der Waals surface area contributed by atoms with Crippen molar-refractivity contribution in [2.24, 2.45) is 0 Å². The van der Waals surface area contributed by atoms with Crippen LogP contribution in [0, 0.1) is 0 Å². The van der Waals surface area contributed by atoms with Gasteiger partial charge in [0, 0.05) is 37.9 Å². The van der Waals surface area contributed by atoms with Crippen LogP contribution in [0.1, 0.15) is 0 Å². The number of anilines is 1. The number of benzene rings is 1. The van der Waals surface area contributed by atoms with Crippen molar-refractivity contribution in [3.8, 4) is 11.3 Å². The Morgan fingerprint density at radius 3 is 2.47 bits per heavy atom. The molecule has 1 aliphatic heterocycles. The molecule has 2 heterocycles. The second-order valence-electron chi connectivity index (χ2n) is 4.34. The molecule has 3 rings (SSSR count). The minimum absolute atomic E-state index is 0. The second kappa shape index (κ2) is 6.50. The van der Waals surface area contributed by atoms with Crippen molar-refractivity contribution in [3.63, 3.8) is 0 Å². The van der Waals surface area contributed by atoms with Crippen molar-refractivity contribution in [1.29, 1.82) is 0 Å². The third-order valence-corrected chi connectivity index (χ3v) is 3.11. The summed E-state index contributed by atoms with van der Waals surface area (Å²) < 4.78 is 0. The van der Waals surface area contributed by atoms with Gasteiger partial charge in [0.15, 0.2) is 0 Å². The Labute approximate surface area is 119 Å². The number of aromatic nitrogens is 2. The molecule has 1 saturated heterocycles. The van der Waals surface area contributed by atoms with Crippen molar-refractivity contribution < 1.29 is 0 Å². The topological polar surface area (TPSA) is 41.1 Å². The zero-order valence-corrected chi connectivity index (χ0v) is 11.4. The highest BCUT2D eigenvalue weighted by Crippen LogP contribution is 2.18. The van der Waals surface area contributed by atoms with E-state index in [1.165, 1.54) is 0 Å². The summed E-state index contributed by atoms with van der Waals surface area (Å²) in [6.07, 6.45) is 1.84. The van der Waals surface area contributed by atoms with Gasteiger partial charge >= 0.3 is 0 Å². The molecule has 1 fully saturated rings. The molecule has 1 aliphatic rings. The Balaban J connectivity index is 0.00000133. The smallest absolute Gasteiger partial charge is 0.225 e. The average molecular weight is 277 g/mol. The molecule has 19 heavy (non-hydrogen) atoms. The Morgan fingerprint density at radius 1 is 1.00 bits per heavy atom. The van der Waals surface area contributed by atoms with Crippen LogP contribution >= 0.6 is 12.4 Å². The molecule has 1 aromatic heterocycles. The van der Waals surface area contributed by atoms with E-state index in [0.717, 1.165) is 43.4 Å². The van der Waals surface area contributed by atoms with Gasteiger partial charge in [-0.2, -0.15) is 0 Å². The van der Waals surface area contributed by atoms with Gasteiger partial charge in [0.1, 0.15) is 0 Å². The van der Waals surface area contributed by atoms with Crippen molar-refractivity contribution in [1.82, 2.24) is 15.3 Å². The number of halogens is 1. The lowest BCUT2D eigenvalue weighted by molar-refractivity contribution is 0.580. The minimum atomic E-state index is 0. The van der Waals surface area contributed by atoms with Crippen LogP contribution in [0.25, 0.3) is 11.3 Å². The molecule has 1 N–H and O–H groups in total. The number of hydrogen-bond acceptors (Lipinski definition) is 4. The van der Waals surface area contributed by atoms with Gasteiger partial charge in [-0.1, -0.05) is 30.3 Å². The first kappa shape index (κ1) is 13.8. The monoisotopic (exact) mass is 276 g/mol. The Kier molecular flexibility index (Phi) is 4.71. The number of rotatable bonds is 2. The Hall–Kier alpha value is -1.65. The Bertz CT molecular complexity index is 512. The summed E-state index contributed by atoms with van der Waals surface area (Å²) in [6, 6.07) is 12.2. The fourth-order valence-corrected chi connectivity index (χ4v) is 2.14. The van der Waals surface area contributed by atoms with Crippen LogP contribution in [0.3, 0.4) is 0 Å². The highest BCUT2D eigenvalue weighted by Gasteiger charge is 2.13. The predicted molar refractivity (Wildman–Crippen MR) is 79.8 cm³/mol. The first-order valence-electron chi connectivity index (χ1n) is 6.27. The highest BCUT2D eigenvalue weighted by atomic mass is 35.5. The largest absolute Gasteiger partial charge is 0.338 e. The molecule has 0 bridgehead atoms. The number of nitrogens with one attached hydrogen (secondary N) is 1. The second-order valence-corrected chi connectivity index (χ2v) is 4.34. The number of piperazine rings is 1. The number of nitrogens with zero attached hydrogens (tertiary/aromatic N) is 3. The molecule has 4 nitrogen and oxygen atoms in total. The maximum absolute atomic E-state index is 4.65. The molecule has 5 heteroatoms. The minimum Gasteiger partial charge on any atom is -0.338 e. The standard InChI is InChI=1S/C14H16N4.ClH/c1-2-4-12(5-3-1)13-6-7-16-14(17-13)18-10-8-15-9-11-18;/h1-7,15H,8-11H2;1H. The zero-order valence-electron chi connectivity index (χ0n) is 10.6. The van der Waals surface area contributed by atoms with Crippen molar-refractivity contribution >= 4 is 18.4 Å². The van der Waals surface area contributed by atoms with E-state index in [2.05, 4.69) is 32.3 Å². The molecule has 0 saturated carbocycles. The van der Waals surface area contributed by atoms with Gasteiger partial charge in [-0.05, 0) is 6.07 Å². The van der Waals surface area contributed by atoms with Gasteiger partial charge in [0.2, 0.25) is 5.95 Å². The lowest BCUT2D eigenvalue weighted by Gasteiger charge is -2.27. The van der Waals surface area contributed by atoms with Crippen LogP contribution in [0.5, 0.6) is 0 Å². The van der Waals surface area contributed by atoms with Gasteiger partial charge in [-0.25, -0.2) is 9.97 Å². The van der Waals surface area contributed by atoms with E-state index in [-0.39, 0.29) is 12.4 Å². The van der Waals surface area contributed by atoms with E-state index in [9.17, 15) is 0 Å². The van der Waals surface area contributed by atoms with Crippen LogP contribution in [-0.2, 0) is 0 Å².